The molecule has 12 aromatic rings. The zero-order chi connectivity index (χ0) is 58.1. The van der Waals surface area contributed by atoms with Crippen LogP contribution in [0, 0.1) is 5.92 Å². The predicted molar refractivity (Wildman–Crippen MR) is 341 cm³/mol. The van der Waals surface area contributed by atoms with Crippen LogP contribution in [0.25, 0.3) is 66.1 Å². The summed E-state index contributed by atoms with van der Waals surface area (Å²) in [4.78, 5) is 46.9. The van der Waals surface area contributed by atoms with Crippen LogP contribution in [-0.4, -0.2) is 55.7 Å². The number of carbonyl (C=O) groups is 2. The molecule has 0 fully saturated rings. The molecule has 3 heterocycles. The molecule has 5 N–H and O–H groups in total. The van der Waals surface area contributed by atoms with Crippen LogP contribution in [0.4, 0.5) is 4.79 Å². The fourth-order valence-corrected chi connectivity index (χ4v) is 11.7. The molecule has 1 aliphatic carbocycles. The summed E-state index contributed by atoms with van der Waals surface area (Å²) in [5.41, 5.74) is 12.9. The van der Waals surface area contributed by atoms with E-state index in [1.807, 2.05) is 99.9 Å². The second kappa shape index (κ2) is 25.3. The van der Waals surface area contributed by atoms with Gasteiger partial charge >= 0.3 is 6.09 Å². The first-order chi connectivity index (χ1) is 41.5. The summed E-state index contributed by atoms with van der Waals surface area (Å²) in [6.07, 6.45) is 7.60. The number of fused-ring (bicyclic) bond motifs is 6. The molecule has 1 aliphatic rings. The van der Waals surface area contributed by atoms with E-state index in [4.69, 9.17) is 14.5 Å². The number of aromatic amines is 3. The molecule has 3 atom stereocenters. The van der Waals surface area contributed by atoms with E-state index in [0.29, 0.717) is 44.7 Å². The van der Waals surface area contributed by atoms with Crippen molar-refractivity contribution in [2.75, 3.05) is 13.2 Å². The van der Waals surface area contributed by atoms with Gasteiger partial charge in [0.25, 0.3) is 0 Å². The number of H-pyrrole nitrogens is 3. The normalized spacial score (nSPS) is 13.1. The minimum Gasteiger partial charge on any atom is -0.444 e. The van der Waals surface area contributed by atoms with Crippen molar-refractivity contribution in [2.24, 2.45) is 5.92 Å². The molecule has 0 aliphatic heterocycles. The molecule has 85 heavy (non-hydrogen) atoms. The average molecular weight is 1120 g/mol. The molecule has 11 heteroatoms. The second-order valence-electron chi connectivity index (χ2n) is 23.0. The number of amides is 2. The number of ether oxygens (including phenoxy) is 2. The van der Waals surface area contributed by atoms with Crippen LogP contribution in [0.2, 0.25) is 0 Å². The standard InChI is InChI=1S/C48H42N4O2.C26H27N3O2/c53-48(52-45(27-32-22-23-33-12-4-5-15-35(33)26-32)47-50-30-46(51-47)34-13-2-1-3-14-34)36(28-37-29-49-44-21-11-10-16-38(37)44)24-25-54-31-43-41-19-8-6-17-39(41)40-18-7-9-20-42(40)43;1-26(2,3)31-25(30)29-22(16-18-13-14-19-9-7-8-12-21(19)15-18)24-27-17-23(28-24)20-10-5-4-6-11-20/h1-23,26,29-30,36,43,45,49H,24-25,27-28,31H2,(H,50,51)(H,52,53);4-15,17,22H,16H2,1-3H3,(H,27,28)(H,29,30)/t36-,45-;22-/m11/s1. The largest absolute Gasteiger partial charge is 0.444 e. The van der Waals surface area contributed by atoms with Gasteiger partial charge in [-0.3, -0.25) is 4.79 Å². The molecule has 0 spiro atoms. The Morgan fingerprint density at radius 3 is 1.60 bits per heavy atom. The third kappa shape index (κ3) is 13.3. The number of imidazole rings is 2. The lowest BCUT2D eigenvalue weighted by Crippen LogP contribution is -2.37. The molecular formula is C74H69N7O4. The number of nitrogens with one attached hydrogen (secondary N) is 5. The van der Waals surface area contributed by atoms with Crippen LogP contribution in [0.1, 0.15) is 84.7 Å². The van der Waals surface area contributed by atoms with Crippen LogP contribution in [0.5, 0.6) is 0 Å². The van der Waals surface area contributed by atoms with Crippen molar-refractivity contribution in [3.05, 3.63) is 276 Å². The third-order valence-electron chi connectivity index (χ3n) is 15.9. The zero-order valence-corrected chi connectivity index (χ0v) is 48.1. The number of hydrogen-bond donors (Lipinski definition) is 5. The van der Waals surface area contributed by atoms with E-state index < -0.39 is 11.7 Å². The number of alkyl carbamates (subject to hydrolysis) is 1. The highest BCUT2D eigenvalue weighted by atomic mass is 16.6. The van der Waals surface area contributed by atoms with Crippen LogP contribution in [0.15, 0.2) is 237 Å². The molecule has 0 saturated carbocycles. The topological polar surface area (TPSA) is 150 Å². The first kappa shape index (κ1) is 55.7. The Balaban J connectivity index is 0.000000194. The van der Waals surface area contributed by atoms with Gasteiger partial charge in [-0.05, 0) is 118 Å². The Morgan fingerprint density at radius 1 is 0.541 bits per heavy atom. The fourth-order valence-electron chi connectivity index (χ4n) is 11.7. The highest BCUT2D eigenvalue weighted by Gasteiger charge is 2.30. The molecule has 3 aromatic heterocycles. The highest BCUT2D eigenvalue weighted by molar-refractivity contribution is 5.86. The summed E-state index contributed by atoms with van der Waals surface area (Å²) in [5.74, 6) is 1.26. The summed E-state index contributed by atoms with van der Waals surface area (Å²) in [7, 11) is 0. The maximum Gasteiger partial charge on any atom is 0.408 e. The van der Waals surface area contributed by atoms with Crippen LogP contribution >= 0.6 is 0 Å². The molecule has 424 valence electrons. The number of aromatic nitrogens is 5. The van der Waals surface area contributed by atoms with Crippen LogP contribution in [0.3, 0.4) is 0 Å². The van der Waals surface area contributed by atoms with Gasteiger partial charge in [-0.25, -0.2) is 14.8 Å². The summed E-state index contributed by atoms with van der Waals surface area (Å²) in [6.45, 7) is 6.59. The van der Waals surface area contributed by atoms with E-state index in [-0.39, 0.29) is 29.8 Å². The van der Waals surface area contributed by atoms with E-state index in [1.165, 1.54) is 43.8 Å². The van der Waals surface area contributed by atoms with Crippen molar-refractivity contribution in [3.8, 4) is 33.6 Å². The van der Waals surface area contributed by atoms with Crippen molar-refractivity contribution in [2.45, 2.75) is 70.1 Å². The Labute approximate surface area is 495 Å². The molecule has 0 radical (unpaired) electrons. The van der Waals surface area contributed by atoms with Gasteiger partial charge in [0.15, 0.2) is 0 Å². The zero-order valence-electron chi connectivity index (χ0n) is 48.1. The second-order valence-corrected chi connectivity index (χ2v) is 23.0. The van der Waals surface area contributed by atoms with Crippen molar-refractivity contribution >= 4 is 44.4 Å². The first-order valence-electron chi connectivity index (χ1n) is 29.3. The van der Waals surface area contributed by atoms with Crippen molar-refractivity contribution in [1.29, 1.82) is 0 Å². The highest BCUT2D eigenvalue weighted by Crippen LogP contribution is 2.44. The van der Waals surface area contributed by atoms with Gasteiger partial charge in [-0.15, -0.1) is 0 Å². The van der Waals surface area contributed by atoms with Gasteiger partial charge < -0.3 is 35.1 Å². The quantitative estimate of drug-likeness (QED) is 0.0540. The Kier molecular flexibility index (Phi) is 16.6. The summed E-state index contributed by atoms with van der Waals surface area (Å²) in [6, 6.07) is 74.5. The monoisotopic (exact) mass is 1120 g/mol. The van der Waals surface area contributed by atoms with Crippen LogP contribution in [-0.2, 0) is 33.5 Å². The number of benzene rings is 9. The van der Waals surface area contributed by atoms with Gasteiger partial charge in [-0.2, -0.15) is 0 Å². The van der Waals surface area contributed by atoms with E-state index in [9.17, 15) is 9.59 Å². The fraction of sp³-hybridized carbons (Fsp3) is 0.189. The number of rotatable bonds is 18. The molecule has 13 rings (SSSR count). The Bertz CT molecular complexity index is 4190. The molecule has 0 unspecified atom stereocenters. The predicted octanol–water partition coefficient (Wildman–Crippen LogP) is 16.2. The summed E-state index contributed by atoms with van der Waals surface area (Å²) >= 11 is 0. The Morgan fingerprint density at radius 2 is 1.04 bits per heavy atom. The number of para-hydroxylation sites is 1. The average Bonchev–Trinajstić information content (AvgIpc) is 2.90. The van der Waals surface area contributed by atoms with Crippen LogP contribution < -0.4 is 10.6 Å². The summed E-state index contributed by atoms with van der Waals surface area (Å²) in [5, 5.41) is 12.3. The van der Waals surface area contributed by atoms with E-state index >= 15 is 0 Å². The Hall–Kier alpha value is -9.84. The molecule has 0 bridgehead atoms. The van der Waals surface area contributed by atoms with Gasteiger partial charge in [0.1, 0.15) is 17.2 Å². The minimum absolute atomic E-state index is 0.0103. The van der Waals surface area contributed by atoms with E-state index in [0.717, 1.165) is 55.9 Å². The number of nitrogens with zero attached hydrogens (tertiary/aromatic N) is 2. The third-order valence-corrected chi connectivity index (χ3v) is 15.9. The van der Waals surface area contributed by atoms with E-state index in [1.54, 1.807) is 6.20 Å². The van der Waals surface area contributed by atoms with Gasteiger partial charge in [0.05, 0.1) is 42.5 Å². The SMILES string of the molecule is CC(C)(C)OC(=O)N[C@H](Cc1ccc2ccccc2c1)c1ncc(-c2ccccc2)[nH]1.O=C(N[C@H](Cc1ccc2ccccc2c1)c1ncc(-c2ccccc2)[nH]1)[C@H](CCOCC1c2ccccc2-c2ccccc21)Cc1c[nH]c2ccccc12. The van der Waals surface area contributed by atoms with Crippen molar-refractivity contribution in [1.82, 2.24) is 35.6 Å². The lowest BCUT2D eigenvalue weighted by molar-refractivity contribution is -0.126. The smallest absolute Gasteiger partial charge is 0.408 e. The number of carbonyl (C=O) groups excluding carboxylic acids is 2. The molecule has 2 amide bonds. The van der Waals surface area contributed by atoms with Gasteiger partial charge in [0.2, 0.25) is 5.91 Å². The molecule has 9 aromatic carbocycles. The maximum absolute atomic E-state index is 14.6. The minimum atomic E-state index is -0.573. The first-order valence-corrected chi connectivity index (χ1v) is 29.3. The molecule has 11 nitrogen and oxygen atoms in total. The summed E-state index contributed by atoms with van der Waals surface area (Å²) < 4.78 is 12.0. The lowest BCUT2D eigenvalue weighted by Gasteiger charge is -2.23. The number of hydrogen-bond acceptors (Lipinski definition) is 6. The molecular weight excluding hydrogens is 1050 g/mol. The van der Waals surface area contributed by atoms with Crippen molar-refractivity contribution in [3.63, 3.8) is 0 Å². The lowest BCUT2D eigenvalue weighted by atomic mass is 9.94. The van der Waals surface area contributed by atoms with E-state index in [2.05, 4.69) is 182 Å². The molecule has 0 saturated heterocycles. The van der Waals surface area contributed by atoms with Gasteiger partial charge in [0, 0.05) is 42.0 Å². The van der Waals surface area contributed by atoms with Gasteiger partial charge in [-0.1, -0.05) is 212 Å². The van der Waals surface area contributed by atoms with Crippen molar-refractivity contribution < 1.29 is 19.1 Å². The maximum atomic E-state index is 14.6.